The number of hydrogen-bond donors (Lipinski definition) is 1. The maximum Gasteiger partial charge on any atom is 0.0531 e. The second kappa shape index (κ2) is 3.70. The summed E-state index contributed by atoms with van der Waals surface area (Å²) in [6, 6.07) is 0. The molecule has 1 nitrogen and oxygen atoms in total. The minimum atomic E-state index is 0.159. The molecule has 0 fully saturated rings. The van der Waals surface area contributed by atoms with Crippen molar-refractivity contribution in [2.75, 3.05) is 0 Å². The molecule has 13 heavy (non-hydrogen) atoms. The highest BCUT2D eigenvalue weighted by Gasteiger charge is 2.16. The molecule has 72 valence electrons. The Bertz CT molecular complexity index is 279. The van der Waals surface area contributed by atoms with Crippen molar-refractivity contribution in [3.63, 3.8) is 0 Å². The Labute approximate surface area is 88.5 Å². The van der Waals surface area contributed by atoms with Crippen LogP contribution in [0.3, 0.4) is 0 Å². The van der Waals surface area contributed by atoms with Crippen LogP contribution in [0.15, 0.2) is 35.6 Å². The number of hydrogen-bond acceptors (Lipinski definition) is 1. The van der Waals surface area contributed by atoms with Gasteiger partial charge in [0.05, 0.1) is 4.83 Å². The highest BCUT2D eigenvalue weighted by molar-refractivity contribution is 9.09. The van der Waals surface area contributed by atoms with Crippen LogP contribution in [0.1, 0.15) is 20.8 Å². The molecule has 0 spiro atoms. The quantitative estimate of drug-likeness (QED) is 0.649. The van der Waals surface area contributed by atoms with Crippen LogP contribution in [-0.2, 0) is 0 Å². The summed E-state index contributed by atoms with van der Waals surface area (Å²) in [5.41, 5.74) is 8.08. The summed E-state index contributed by atoms with van der Waals surface area (Å²) < 4.78 is 0. The first-order chi connectivity index (χ1) is 5.89. The average Bonchev–Trinajstić information content (AvgIpc) is 2.09. The fraction of sp³-hybridized carbons (Fsp3) is 0.455. The highest BCUT2D eigenvalue weighted by atomic mass is 79.9. The molecule has 0 aromatic carbocycles. The number of rotatable bonds is 0. The molecular formula is C11H16BrN. The molecule has 1 rings (SSSR count). The van der Waals surface area contributed by atoms with Crippen molar-refractivity contribution < 1.29 is 0 Å². The summed E-state index contributed by atoms with van der Waals surface area (Å²) in [6.45, 7) is 6.56. The molecule has 1 unspecified atom stereocenters. The lowest BCUT2D eigenvalue weighted by molar-refractivity contribution is 0.516. The molecule has 0 radical (unpaired) electrons. The fourth-order valence-corrected chi connectivity index (χ4v) is 1.64. The molecule has 0 bridgehead atoms. The van der Waals surface area contributed by atoms with Crippen molar-refractivity contribution in [2.24, 2.45) is 11.1 Å². The van der Waals surface area contributed by atoms with Crippen LogP contribution >= 0.6 is 15.9 Å². The first kappa shape index (κ1) is 10.6. The highest BCUT2D eigenvalue weighted by Crippen LogP contribution is 2.29. The summed E-state index contributed by atoms with van der Waals surface area (Å²) in [4.78, 5) is 0.253. The van der Waals surface area contributed by atoms with E-state index in [4.69, 9.17) is 5.73 Å². The molecule has 0 saturated heterocycles. The van der Waals surface area contributed by atoms with E-state index in [9.17, 15) is 0 Å². The van der Waals surface area contributed by atoms with Crippen molar-refractivity contribution in [3.8, 4) is 0 Å². The zero-order valence-electron chi connectivity index (χ0n) is 8.34. The molecule has 2 N–H and O–H groups in total. The lowest BCUT2D eigenvalue weighted by atomic mass is 9.86. The van der Waals surface area contributed by atoms with Gasteiger partial charge in [-0.3, -0.25) is 0 Å². The topological polar surface area (TPSA) is 26.0 Å². The maximum atomic E-state index is 5.83. The van der Waals surface area contributed by atoms with Crippen molar-refractivity contribution in [1.29, 1.82) is 0 Å². The van der Waals surface area contributed by atoms with Crippen LogP contribution in [0, 0.1) is 5.41 Å². The molecule has 2 heteroatoms. The molecule has 0 aromatic rings. The molecule has 0 amide bonds. The Kier molecular flexibility index (Phi) is 3.01. The van der Waals surface area contributed by atoms with Gasteiger partial charge in [-0.1, -0.05) is 48.9 Å². The van der Waals surface area contributed by atoms with Gasteiger partial charge in [-0.05, 0) is 23.1 Å². The second-order valence-corrected chi connectivity index (χ2v) is 5.38. The number of alkyl halides is 1. The summed E-state index contributed by atoms with van der Waals surface area (Å²) in [6.07, 6.45) is 8.28. The molecule has 0 heterocycles. The number of halogens is 1. The molecule has 0 aliphatic heterocycles. The van der Waals surface area contributed by atoms with Crippen molar-refractivity contribution in [2.45, 2.75) is 25.6 Å². The maximum absolute atomic E-state index is 5.83. The van der Waals surface area contributed by atoms with Gasteiger partial charge in [-0.25, -0.2) is 0 Å². The van der Waals surface area contributed by atoms with Gasteiger partial charge >= 0.3 is 0 Å². The Hall–Kier alpha value is -0.500. The van der Waals surface area contributed by atoms with Crippen molar-refractivity contribution >= 4 is 15.9 Å². The van der Waals surface area contributed by atoms with E-state index in [2.05, 4.69) is 48.9 Å². The number of allylic oxidation sites excluding steroid dienone is 5. The molecule has 1 atom stereocenters. The predicted octanol–water partition coefficient (Wildman–Crippen LogP) is 3.13. The third kappa shape index (κ3) is 3.03. The summed E-state index contributed by atoms with van der Waals surface area (Å²) >= 11 is 3.50. The number of nitrogens with two attached hydrogens (primary N) is 1. The van der Waals surface area contributed by atoms with Crippen LogP contribution in [0.25, 0.3) is 0 Å². The predicted molar refractivity (Wildman–Crippen MR) is 61.7 cm³/mol. The lowest BCUT2D eigenvalue weighted by Crippen LogP contribution is -2.08. The van der Waals surface area contributed by atoms with E-state index in [1.165, 1.54) is 5.57 Å². The van der Waals surface area contributed by atoms with Gasteiger partial charge in [-0.15, -0.1) is 0 Å². The minimum absolute atomic E-state index is 0.159. The van der Waals surface area contributed by atoms with Gasteiger partial charge in [0.25, 0.3) is 0 Å². The van der Waals surface area contributed by atoms with Gasteiger partial charge in [-0.2, -0.15) is 0 Å². The van der Waals surface area contributed by atoms with Crippen LogP contribution in [0.2, 0.25) is 0 Å². The zero-order chi connectivity index (χ0) is 10.1. The molecule has 1 aliphatic carbocycles. The standard InChI is InChI=1S/C11H16BrN/c1-11(2,3)8-4-5-9(12)7-10(13)6-8/h4-7,9H,13H2,1-3H3. The Morgan fingerprint density at radius 1 is 1.38 bits per heavy atom. The SMILES string of the molecule is CC(C)(C)C1=CC(N)=CC(Br)C=C1. The first-order valence-corrected chi connectivity index (χ1v) is 5.33. The summed E-state index contributed by atoms with van der Waals surface area (Å²) in [5, 5.41) is 0. The zero-order valence-corrected chi connectivity index (χ0v) is 9.93. The Morgan fingerprint density at radius 3 is 2.54 bits per heavy atom. The Balaban J connectivity index is 3.01. The van der Waals surface area contributed by atoms with Gasteiger partial charge < -0.3 is 5.73 Å². The summed E-state index contributed by atoms with van der Waals surface area (Å²) in [7, 11) is 0. The van der Waals surface area contributed by atoms with Crippen molar-refractivity contribution in [1.82, 2.24) is 0 Å². The fourth-order valence-electron chi connectivity index (χ4n) is 1.18. The average molecular weight is 242 g/mol. The first-order valence-electron chi connectivity index (χ1n) is 4.41. The van der Waals surface area contributed by atoms with Gasteiger partial charge in [0.2, 0.25) is 0 Å². The van der Waals surface area contributed by atoms with Crippen LogP contribution in [0.5, 0.6) is 0 Å². The third-order valence-electron chi connectivity index (χ3n) is 2.00. The van der Waals surface area contributed by atoms with E-state index in [0.717, 1.165) is 5.70 Å². The van der Waals surface area contributed by atoms with E-state index in [0.29, 0.717) is 0 Å². The molecular weight excluding hydrogens is 226 g/mol. The largest absolute Gasteiger partial charge is 0.399 e. The van der Waals surface area contributed by atoms with Crippen LogP contribution < -0.4 is 5.73 Å². The normalized spacial score (nSPS) is 23.5. The Morgan fingerprint density at radius 2 is 2.00 bits per heavy atom. The van der Waals surface area contributed by atoms with E-state index in [-0.39, 0.29) is 10.2 Å². The lowest BCUT2D eigenvalue weighted by Gasteiger charge is -2.19. The smallest absolute Gasteiger partial charge is 0.0531 e. The second-order valence-electron chi connectivity index (χ2n) is 4.32. The van der Waals surface area contributed by atoms with Crippen molar-refractivity contribution in [3.05, 3.63) is 35.6 Å². The van der Waals surface area contributed by atoms with E-state index >= 15 is 0 Å². The van der Waals surface area contributed by atoms with Gasteiger partial charge in [0, 0.05) is 5.70 Å². The summed E-state index contributed by atoms with van der Waals surface area (Å²) in [5.74, 6) is 0. The van der Waals surface area contributed by atoms with Crippen LogP contribution in [0.4, 0.5) is 0 Å². The molecule has 0 aromatic heterocycles. The van der Waals surface area contributed by atoms with Crippen LogP contribution in [-0.4, -0.2) is 4.83 Å². The van der Waals surface area contributed by atoms with Gasteiger partial charge in [0.15, 0.2) is 0 Å². The monoisotopic (exact) mass is 241 g/mol. The minimum Gasteiger partial charge on any atom is -0.399 e. The molecule has 1 aliphatic rings. The third-order valence-corrected chi connectivity index (χ3v) is 2.57. The van der Waals surface area contributed by atoms with E-state index in [1.54, 1.807) is 0 Å². The van der Waals surface area contributed by atoms with E-state index in [1.807, 2.05) is 12.2 Å². The van der Waals surface area contributed by atoms with E-state index < -0.39 is 0 Å². The van der Waals surface area contributed by atoms with Gasteiger partial charge in [0.1, 0.15) is 0 Å². The molecule has 0 saturated carbocycles.